The lowest BCUT2D eigenvalue weighted by Gasteiger charge is -2.07. The predicted molar refractivity (Wildman–Crippen MR) is 51.4 cm³/mol. The largest absolute Gasteiger partial charge is 0.352 e. The average Bonchev–Trinajstić information content (AvgIpc) is 2.33. The van der Waals surface area contributed by atoms with Gasteiger partial charge in [0.25, 0.3) is 5.91 Å². The molecule has 0 saturated carbocycles. The van der Waals surface area contributed by atoms with E-state index < -0.39 is 11.8 Å². The standard InChI is InChI=1S/C9H6BrF2NO/c1-4-6(10)3-2-5-7(4)13-8(14)9(5,11)12/h2-3H,1H3,(H,13,14). The van der Waals surface area contributed by atoms with Gasteiger partial charge in [0.1, 0.15) is 0 Å². The SMILES string of the molecule is Cc1c(Br)ccc2c1NC(=O)C2(F)F. The van der Waals surface area contributed by atoms with Crippen molar-refractivity contribution in [2.75, 3.05) is 5.32 Å². The van der Waals surface area contributed by atoms with Crippen molar-refractivity contribution in [1.82, 2.24) is 0 Å². The number of carbonyl (C=O) groups is 1. The summed E-state index contributed by atoms with van der Waals surface area (Å²) in [4.78, 5) is 10.9. The molecule has 74 valence electrons. The molecule has 0 spiro atoms. The highest BCUT2D eigenvalue weighted by molar-refractivity contribution is 9.10. The van der Waals surface area contributed by atoms with E-state index in [0.29, 0.717) is 10.0 Å². The Hall–Kier alpha value is -0.970. The first-order valence-corrected chi connectivity index (χ1v) is 4.72. The molecule has 0 bridgehead atoms. The van der Waals surface area contributed by atoms with Crippen LogP contribution in [0.3, 0.4) is 0 Å². The second-order valence-electron chi connectivity index (χ2n) is 3.12. The Kier molecular flexibility index (Phi) is 1.89. The molecule has 0 aliphatic carbocycles. The number of benzene rings is 1. The van der Waals surface area contributed by atoms with Crippen LogP contribution in [0.1, 0.15) is 11.1 Å². The van der Waals surface area contributed by atoms with Crippen LogP contribution in [0.25, 0.3) is 0 Å². The molecule has 1 aromatic carbocycles. The van der Waals surface area contributed by atoms with Crippen LogP contribution < -0.4 is 5.32 Å². The molecule has 1 amide bonds. The van der Waals surface area contributed by atoms with E-state index in [9.17, 15) is 13.6 Å². The number of nitrogens with one attached hydrogen (secondary N) is 1. The third-order valence-electron chi connectivity index (χ3n) is 2.26. The lowest BCUT2D eigenvalue weighted by molar-refractivity contribution is -0.139. The van der Waals surface area contributed by atoms with Crippen LogP contribution in [-0.4, -0.2) is 5.91 Å². The van der Waals surface area contributed by atoms with Crippen LogP contribution in [-0.2, 0) is 10.7 Å². The summed E-state index contributed by atoms with van der Waals surface area (Å²) in [5, 5.41) is 2.18. The molecular formula is C9H6BrF2NO. The van der Waals surface area contributed by atoms with E-state index in [2.05, 4.69) is 21.2 Å². The molecule has 0 radical (unpaired) electrons. The highest BCUT2D eigenvalue weighted by Crippen LogP contribution is 2.43. The minimum absolute atomic E-state index is 0.217. The lowest BCUT2D eigenvalue weighted by Crippen LogP contribution is -2.23. The maximum absolute atomic E-state index is 13.2. The number of rotatable bonds is 0. The number of carbonyl (C=O) groups excluding carboxylic acids is 1. The zero-order valence-electron chi connectivity index (χ0n) is 7.20. The summed E-state index contributed by atoms with van der Waals surface area (Å²) in [6.07, 6.45) is 0. The maximum atomic E-state index is 13.2. The summed E-state index contributed by atoms with van der Waals surface area (Å²) in [5.74, 6) is -4.66. The number of halogens is 3. The fourth-order valence-corrected chi connectivity index (χ4v) is 1.75. The van der Waals surface area contributed by atoms with Gasteiger partial charge in [-0.1, -0.05) is 15.9 Å². The van der Waals surface area contributed by atoms with E-state index in [1.165, 1.54) is 12.1 Å². The van der Waals surface area contributed by atoms with E-state index in [4.69, 9.17) is 0 Å². The van der Waals surface area contributed by atoms with Crippen LogP contribution in [0.5, 0.6) is 0 Å². The lowest BCUT2D eigenvalue weighted by atomic mass is 10.1. The number of amides is 1. The van der Waals surface area contributed by atoms with Crippen molar-refractivity contribution in [3.05, 3.63) is 27.7 Å². The number of hydrogen-bond acceptors (Lipinski definition) is 1. The summed E-state index contributed by atoms with van der Waals surface area (Å²) >= 11 is 3.21. The summed E-state index contributed by atoms with van der Waals surface area (Å²) < 4.78 is 27.1. The predicted octanol–water partition coefficient (Wildman–Crippen LogP) is 2.80. The Bertz CT molecular complexity index is 431. The Labute approximate surface area is 87.4 Å². The summed E-state index contributed by atoms with van der Waals surface area (Å²) in [6, 6.07) is 2.77. The topological polar surface area (TPSA) is 29.1 Å². The first-order valence-electron chi connectivity index (χ1n) is 3.93. The van der Waals surface area contributed by atoms with Crippen molar-refractivity contribution in [2.45, 2.75) is 12.8 Å². The smallest absolute Gasteiger partial charge is 0.320 e. The van der Waals surface area contributed by atoms with Crippen molar-refractivity contribution in [1.29, 1.82) is 0 Å². The van der Waals surface area contributed by atoms with Crippen LogP contribution in [0.2, 0.25) is 0 Å². The fraction of sp³-hybridized carbons (Fsp3) is 0.222. The molecule has 0 unspecified atom stereocenters. The normalized spacial score (nSPS) is 17.9. The Morgan fingerprint density at radius 3 is 2.71 bits per heavy atom. The van der Waals surface area contributed by atoms with Crippen molar-refractivity contribution in [3.8, 4) is 0 Å². The van der Waals surface area contributed by atoms with Crippen LogP contribution >= 0.6 is 15.9 Å². The van der Waals surface area contributed by atoms with E-state index in [-0.39, 0.29) is 11.3 Å². The molecule has 1 aliphatic heterocycles. The number of anilines is 1. The van der Waals surface area contributed by atoms with Gasteiger partial charge in [-0.05, 0) is 24.6 Å². The molecule has 0 atom stereocenters. The molecule has 1 aromatic rings. The third kappa shape index (κ3) is 1.08. The second kappa shape index (κ2) is 2.76. The molecule has 2 nitrogen and oxygen atoms in total. The highest BCUT2D eigenvalue weighted by atomic mass is 79.9. The van der Waals surface area contributed by atoms with Gasteiger partial charge in [0.15, 0.2) is 0 Å². The van der Waals surface area contributed by atoms with E-state index in [0.717, 1.165) is 0 Å². The zero-order chi connectivity index (χ0) is 10.5. The molecular weight excluding hydrogens is 256 g/mol. The van der Waals surface area contributed by atoms with Gasteiger partial charge in [0, 0.05) is 4.47 Å². The van der Waals surface area contributed by atoms with Gasteiger partial charge >= 0.3 is 5.92 Å². The number of fused-ring (bicyclic) bond motifs is 1. The minimum Gasteiger partial charge on any atom is -0.320 e. The molecule has 0 aromatic heterocycles. The minimum atomic E-state index is -3.40. The molecule has 14 heavy (non-hydrogen) atoms. The molecule has 1 N–H and O–H groups in total. The molecule has 2 rings (SSSR count). The van der Waals surface area contributed by atoms with Gasteiger partial charge in [0.05, 0.1) is 11.3 Å². The summed E-state index contributed by atoms with van der Waals surface area (Å²) in [7, 11) is 0. The third-order valence-corrected chi connectivity index (χ3v) is 3.12. The molecule has 1 heterocycles. The van der Waals surface area contributed by atoms with Crippen LogP contribution in [0.15, 0.2) is 16.6 Å². The molecule has 0 saturated heterocycles. The fourth-order valence-electron chi connectivity index (χ4n) is 1.42. The zero-order valence-corrected chi connectivity index (χ0v) is 8.78. The second-order valence-corrected chi connectivity index (χ2v) is 3.98. The first-order chi connectivity index (χ1) is 6.44. The van der Waals surface area contributed by atoms with Gasteiger partial charge < -0.3 is 5.32 Å². The first kappa shape index (κ1) is 9.58. The van der Waals surface area contributed by atoms with Crippen LogP contribution in [0, 0.1) is 6.92 Å². The molecule has 5 heteroatoms. The Morgan fingerprint density at radius 1 is 1.43 bits per heavy atom. The Balaban J connectivity index is 2.70. The Morgan fingerprint density at radius 2 is 2.07 bits per heavy atom. The maximum Gasteiger partial charge on any atom is 0.352 e. The van der Waals surface area contributed by atoms with Crippen molar-refractivity contribution in [2.24, 2.45) is 0 Å². The highest BCUT2D eigenvalue weighted by Gasteiger charge is 2.48. The van der Waals surface area contributed by atoms with Gasteiger partial charge in [0.2, 0.25) is 0 Å². The van der Waals surface area contributed by atoms with Gasteiger partial charge in [-0.25, -0.2) is 0 Å². The van der Waals surface area contributed by atoms with Crippen molar-refractivity contribution < 1.29 is 13.6 Å². The van der Waals surface area contributed by atoms with Crippen molar-refractivity contribution >= 4 is 27.5 Å². The quantitative estimate of drug-likeness (QED) is 0.765. The number of alkyl halides is 2. The number of hydrogen-bond donors (Lipinski definition) is 1. The summed E-state index contributed by atoms with van der Waals surface area (Å²) in [6.45, 7) is 1.67. The van der Waals surface area contributed by atoms with Gasteiger partial charge in [-0.15, -0.1) is 0 Å². The van der Waals surface area contributed by atoms with Gasteiger partial charge in [-0.2, -0.15) is 8.78 Å². The summed E-state index contributed by atoms with van der Waals surface area (Å²) in [5.41, 5.74) is 0.589. The molecule has 0 fully saturated rings. The van der Waals surface area contributed by atoms with E-state index >= 15 is 0 Å². The van der Waals surface area contributed by atoms with Crippen LogP contribution in [0.4, 0.5) is 14.5 Å². The van der Waals surface area contributed by atoms with Crippen molar-refractivity contribution in [3.63, 3.8) is 0 Å². The van der Waals surface area contributed by atoms with E-state index in [1.807, 2.05) is 0 Å². The monoisotopic (exact) mass is 261 g/mol. The van der Waals surface area contributed by atoms with Gasteiger partial charge in [-0.3, -0.25) is 4.79 Å². The molecule has 1 aliphatic rings. The average molecular weight is 262 g/mol. The van der Waals surface area contributed by atoms with E-state index in [1.54, 1.807) is 6.92 Å².